The predicted molar refractivity (Wildman–Crippen MR) is 113 cm³/mol. The van der Waals surface area contributed by atoms with Crippen molar-refractivity contribution in [3.8, 4) is 11.5 Å². The normalized spacial score (nSPS) is 18.4. The molecule has 2 aromatic rings. The zero-order chi connectivity index (χ0) is 21.5. The van der Waals surface area contributed by atoms with Gasteiger partial charge in [0.25, 0.3) is 11.7 Å². The fraction of sp³-hybridized carbons (Fsp3) is 0.318. The molecule has 160 valence electrons. The van der Waals surface area contributed by atoms with Crippen LogP contribution in [0.1, 0.15) is 20.7 Å². The number of piperazine rings is 1. The van der Waals surface area contributed by atoms with Gasteiger partial charge < -0.3 is 14.4 Å². The van der Waals surface area contributed by atoms with Gasteiger partial charge in [0.1, 0.15) is 13.2 Å². The number of amides is 2. The van der Waals surface area contributed by atoms with Gasteiger partial charge in [-0.2, -0.15) is 0 Å². The van der Waals surface area contributed by atoms with Crippen molar-refractivity contribution in [3.63, 3.8) is 0 Å². The fourth-order valence-electron chi connectivity index (χ4n) is 4.04. The van der Waals surface area contributed by atoms with Crippen LogP contribution in [0.15, 0.2) is 36.4 Å². The number of fused-ring (bicyclic) bond motifs is 2. The quantitative estimate of drug-likeness (QED) is 0.678. The zero-order valence-electron chi connectivity index (χ0n) is 16.7. The first-order chi connectivity index (χ1) is 15.0. The van der Waals surface area contributed by atoms with Crippen molar-refractivity contribution in [1.82, 2.24) is 9.80 Å². The van der Waals surface area contributed by atoms with E-state index in [2.05, 4.69) is 4.90 Å². The summed E-state index contributed by atoms with van der Waals surface area (Å²) < 4.78 is 11.1. The van der Waals surface area contributed by atoms with Crippen LogP contribution in [0.25, 0.3) is 0 Å². The van der Waals surface area contributed by atoms with Crippen LogP contribution < -0.4 is 14.4 Å². The Bertz CT molecular complexity index is 1060. The van der Waals surface area contributed by atoms with Crippen LogP contribution >= 0.6 is 11.6 Å². The SMILES string of the molecule is O=C1C(=O)N(CN2CCN(C(=O)c3ccc(Cl)cc3)CC2)c2cc3c(cc21)OCCO3. The van der Waals surface area contributed by atoms with E-state index < -0.39 is 11.7 Å². The molecule has 0 spiro atoms. The standard InChI is InChI=1S/C22H20ClN3O5/c23-15-3-1-14(2-4-15)21(28)25-7-5-24(6-8-25)13-26-17-12-19-18(30-9-10-31-19)11-16(17)20(27)22(26)29/h1-4,11-12H,5-10,13H2. The monoisotopic (exact) mass is 441 g/mol. The molecule has 2 amide bonds. The molecule has 0 saturated carbocycles. The van der Waals surface area contributed by atoms with E-state index in [1.807, 2.05) is 0 Å². The molecule has 0 bridgehead atoms. The number of carbonyl (C=O) groups is 3. The summed E-state index contributed by atoms with van der Waals surface area (Å²) in [7, 11) is 0. The molecule has 1 fully saturated rings. The van der Waals surface area contributed by atoms with Crippen LogP contribution in [-0.4, -0.2) is 73.5 Å². The first-order valence-corrected chi connectivity index (χ1v) is 10.5. The molecule has 9 heteroatoms. The minimum atomic E-state index is -0.558. The molecule has 0 atom stereocenters. The Hall–Kier alpha value is -3.10. The van der Waals surface area contributed by atoms with Gasteiger partial charge in [-0.1, -0.05) is 11.6 Å². The van der Waals surface area contributed by atoms with E-state index in [0.29, 0.717) is 72.7 Å². The van der Waals surface area contributed by atoms with Crippen LogP contribution in [0.5, 0.6) is 11.5 Å². The van der Waals surface area contributed by atoms with Gasteiger partial charge in [0, 0.05) is 42.8 Å². The Labute approximate surface area is 183 Å². The fourth-order valence-corrected chi connectivity index (χ4v) is 4.16. The van der Waals surface area contributed by atoms with Gasteiger partial charge in [0.15, 0.2) is 11.5 Å². The number of ether oxygens (including phenoxy) is 2. The largest absolute Gasteiger partial charge is 0.486 e. The Morgan fingerprint density at radius 2 is 1.58 bits per heavy atom. The maximum absolute atomic E-state index is 12.7. The summed E-state index contributed by atoms with van der Waals surface area (Å²) in [6.45, 7) is 3.37. The number of benzene rings is 2. The van der Waals surface area contributed by atoms with Crippen molar-refractivity contribution in [2.45, 2.75) is 0 Å². The molecule has 8 nitrogen and oxygen atoms in total. The first-order valence-electron chi connectivity index (χ1n) is 10.1. The number of hydrogen-bond acceptors (Lipinski definition) is 6. The number of hydrogen-bond donors (Lipinski definition) is 0. The van der Waals surface area contributed by atoms with Gasteiger partial charge in [0.2, 0.25) is 0 Å². The lowest BCUT2D eigenvalue weighted by molar-refractivity contribution is -0.114. The van der Waals surface area contributed by atoms with Crippen molar-refractivity contribution in [2.24, 2.45) is 0 Å². The van der Waals surface area contributed by atoms with Crippen molar-refractivity contribution < 1.29 is 23.9 Å². The Balaban J connectivity index is 1.27. The molecule has 5 rings (SSSR count). The maximum atomic E-state index is 12.7. The summed E-state index contributed by atoms with van der Waals surface area (Å²) >= 11 is 5.90. The molecule has 0 aromatic heterocycles. The van der Waals surface area contributed by atoms with Crippen LogP contribution in [0.2, 0.25) is 5.02 Å². The summed E-state index contributed by atoms with van der Waals surface area (Å²) in [6.07, 6.45) is 0. The molecular weight excluding hydrogens is 422 g/mol. The van der Waals surface area contributed by atoms with Gasteiger partial charge in [-0.15, -0.1) is 0 Å². The highest BCUT2D eigenvalue weighted by Gasteiger charge is 2.39. The lowest BCUT2D eigenvalue weighted by Gasteiger charge is -2.36. The summed E-state index contributed by atoms with van der Waals surface area (Å²) in [5.74, 6) is -0.114. The molecule has 3 aliphatic heterocycles. The van der Waals surface area contributed by atoms with Crippen LogP contribution in [0, 0.1) is 0 Å². The number of halogens is 1. The average Bonchev–Trinajstić information content (AvgIpc) is 3.02. The Morgan fingerprint density at radius 3 is 2.26 bits per heavy atom. The van der Waals surface area contributed by atoms with Crippen LogP contribution in [-0.2, 0) is 4.79 Å². The molecule has 0 unspecified atom stereocenters. The predicted octanol–water partition coefficient (Wildman–Crippen LogP) is 2.06. The van der Waals surface area contributed by atoms with Gasteiger partial charge in [-0.05, 0) is 30.3 Å². The molecule has 2 aromatic carbocycles. The molecular formula is C22H20ClN3O5. The van der Waals surface area contributed by atoms with E-state index >= 15 is 0 Å². The molecule has 1 saturated heterocycles. The van der Waals surface area contributed by atoms with E-state index in [4.69, 9.17) is 21.1 Å². The van der Waals surface area contributed by atoms with Gasteiger partial charge in [-0.3, -0.25) is 24.2 Å². The van der Waals surface area contributed by atoms with E-state index in [1.54, 1.807) is 41.3 Å². The van der Waals surface area contributed by atoms with Crippen LogP contribution in [0.4, 0.5) is 5.69 Å². The average molecular weight is 442 g/mol. The molecule has 0 N–H and O–H groups in total. The summed E-state index contributed by atoms with van der Waals surface area (Å²) in [5.41, 5.74) is 1.48. The Morgan fingerprint density at radius 1 is 0.935 bits per heavy atom. The molecule has 3 aliphatic rings. The van der Waals surface area contributed by atoms with Gasteiger partial charge in [0.05, 0.1) is 17.9 Å². The van der Waals surface area contributed by atoms with Crippen molar-refractivity contribution in [1.29, 1.82) is 0 Å². The second-order valence-corrected chi connectivity index (χ2v) is 8.07. The van der Waals surface area contributed by atoms with E-state index in [1.165, 1.54) is 4.90 Å². The third-order valence-electron chi connectivity index (χ3n) is 5.73. The highest BCUT2D eigenvalue weighted by atomic mass is 35.5. The molecule has 0 aliphatic carbocycles. The summed E-state index contributed by atoms with van der Waals surface area (Å²) in [6, 6.07) is 10.1. The van der Waals surface area contributed by atoms with E-state index in [9.17, 15) is 14.4 Å². The van der Waals surface area contributed by atoms with Crippen molar-refractivity contribution in [2.75, 3.05) is 51.0 Å². The number of rotatable bonds is 3. The smallest absolute Gasteiger partial charge is 0.300 e. The highest BCUT2D eigenvalue weighted by molar-refractivity contribution is 6.52. The zero-order valence-corrected chi connectivity index (χ0v) is 17.4. The lowest BCUT2D eigenvalue weighted by atomic mass is 10.1. The molecule has 3 heterocycles. The van der Waals surface area contributed by atoms with E-state index in [0.717, 1.165) is 0 Å². The van der Waals surface area contributed by atoms with Gasteiger partial charge >= 0.3 is 5.91 Å². The van der Waals surface area contributed by atoms with Crippen molar-refractivity contribution >= 4 is 34.9 Å². The number of anilines is 1. The summed E-state index contributed by atoms with van der Waals surface area (Å²) in [4.78, 5) is 43.1. The maximum Gasteiger partial charge on any atom is 0.300 e. The minimum Gasteiger partial charge on any atom is -0.486 e. The first kappa shape index (κ1) is 19.8. The second-order valence-electron chi connectivity index (χ2n) is 7.63. The third-order valence-corrected chi connectivity index (χ3v) is 5.98. The van der Waals surface area contributed by atoms with E-state index in [-0.39, 0.29) is 12.6 Å². The Kier molecular flexibility index (Phi) is 5.03. The molecule has 31 heavy (non-hydrogen) atoms. The molecule has 0 radical (unpaired) electrons. The van der Waals surface area contributed by atoms with Gasteiger partial charge in [-0.25, -0.2) is 0 Å². The number of Topliss-reactive ketones (excluding diaryl/α,β-unsaturated/α-hetero) is 1. The summed E-state index contributed by atoms with van der Waals surface area (Å²) in [5, 5.41) is 0.588. The topological polar surface area (TPSA) is 79.4 Å². The highest BCUT2D eigenvalue weighted by Crippen LogP contribution is 2.40. The number of carbonyl (C=O) groups excluding carboxylic acids is 3. The third kappa shape index (κ3) is 3.62. The number of ketones is 1. The minimum absolute atomic E-state index is 0.0436. The second kappa shape index (κ2) is 7.86. The number of nitrogens with zero attached hydrogens (tertiary/aromatic N) is 3. The lowest BCUT2D eigenvalue weighted by Crippen LogP contribution is -2.52. The van der Waals surface area contributed by atoms with Crippen molar-refractivity contribution in [3.05, 3.63) is 52.5 Å². The van der Waals surface area contributed by atoms with Crippen LogP contribution in [0.3, 0.4) is 0 Å².